The summed E-state index contributed by atoms with van der Waals surface area (Å²) in [5.41, 5.74) is -1.06. The molecular formula is C20H21FN6O4. The zero-order valence-electron chi connectivity index (χ0n) is 17.2. The van der Waals surface area contributed by atoms with Gasteiger partial charge in [0.2, 0.25) is 5.60 Å². The summed E-state index contributed by atoms with van der Waals surface area (Å²) in [6, 6.07) is 6.17. The summed E-state index contributed by atoms with van der Waals surface area (Å²) in [5, 5.41) is 6.65. The molecule has 3 aromatic rings. The molecular weight excluding hydrogens is 407 g/mol. The monoisotopic (exact) mass is 428 g/mol. The second-order valence-corrected chi connectivity index (χ2v) is 7.61. The van der Waals surface area contributed by atoms with Crippen LogP contribution in [0.4, 0.5) is 4.39 Å². The second kappa shape index (κ2) is 7.49. The lowest BCUT2D eigenvalue weighted by Crippen LogP contribution is -2.45. The molecule has 2 N–H and O–H groups in total. The Kier molecular flexibility index (Phi) is 4.96. The number of aromatic nitrogens is 4. The van der Waals surface area contributed by atoms with Gasteiger partial charge in [-0.2, -0.15) is 0 Å². The highest BCUT2D eigenvalue weighted by atomic mass is 19.1. The SMILES string of the molecule is Cn1c(=O)c2[nH]c(CCNC(=O)C3(C)CC(c4ccccc4F)=NO3)nc2n(C)c1=O. The van der Waals surface area contributed by atoms with Crippen molar-refractivity contribution >= 4 is 22.8 Å². The maximum atomic E-state index is 14.0. The minimum Gasteiger partial charge on any atom is -0.379 e. The number of rotatable bonds is 5. The summed E-state index contributed by atoms with van der Waals surface area (Å²) in [5.74, 6) is -0.378. The molecule has 162 valence electrons. The van der Waals surface area contributed by atoms with Crippen molar-refractivity contribution in [2.75, 3.05) is 6.54 Å². The van der Waals surface area contributed by atoms with E-state index < -0.39 is 28.6 Å². The lowest BCUT2D eigenvalue weighted by molar-refractivity contribution is -0.141. The predicted molar refractivity (Wildman–Crippen MR) is 110 cm³/mol. The standard InChI is InChI=1S/C20H21FN6O4/c1-20(10-13(25-31-20)11-6-4-5-7-12(11)21)18(29)22-9-8-14-23-15-16(24-14)26(2)19(30)27(3)17(15)28/h4-7H,8-10H2,1-3H3,(H,22,29)(H,23,24). The molecule has 0 spiro atoms. The van der Waals surface area contributed by atoms with Crippen LogP contribution < -0.4 is 16.6 Å². The van der Waals surface area contributed by atoms with Gasteiger partial charge in [0.05, 0.1) is 5.71 Å². The number of amides is 1. The topological polar surface area (TPSA) is 123 Å². The number of nitrogens with one attached hydrogen (secondary N) is 2. The zero-order valence-corrected chi connectivity index (χ0v) is 17.2. The molecule has 3 heterocycles. The Labute approximate surface area is 175 Å². The van der Waals surface area contributed by atoms with Crippen LogP contribution in [-0.4, -0.2) is 42.9 Å². The Morgan fingerprint density at radius 3 is 2.77 bits per heavy atom. The summed E-state index contributed by atoms with van der Waals surface area (Å²) in [4.78, 5) is 49.4. The van der Waals surface area contributed by atoms with Gasteiger partial charge in [0.15, 0.2) is 5.65 Å². The molecule has 0 bridgehead atoms. The smallest absolute Gasteiger partial charge is 0.332 e. The molecule has 1 aromatic carbocycles. The van der Waals surface area contributed by atoms with E-state index in [2.05, 4.69) is 20.4 Å². The number of hydrogen-bond donors (Lipinski definition) is 2. The van der Waals surface area contributed by atoms with Crippen LogP contribution in [-0.2, 0) is 30.1 Å². The largest absolute Gasteiger partial charge is 0.379 e. The van der Waals surface area contributed by atoms with Gasteiger partial charge < -0.3 is 15.1 Å². The molecule has 1 unspecified atom stereocenters. The lowest BCUT2D eigenvalue weighted by Gasteiger charge is -2.20. The highest BCUT2D eigenvalue weighted by Gasteiger charge is 2.42. The molecule has 0 saturated carbocycles. The van der Waals surface area contributed by atoms with Crippen LogP contribution in [0.1, 0.15) is 24.7 Å². The minimum absolute atomic E-state index is 0.128. The van der Waals surface area contributed by atoms with Gasteiger partial charge in [-0.25, -0.2) is 14.2 Å². The third-order valence-corrected chi connectivity index (χ3v) is 5.32. The maximum Gasteiger partial charge on any atom is 0.332 e. The van der Waals surface area contributed by atoms with Crippen LogP contribution >= 0.6 is 0 Å². The molecule has 1 aliphatic rings. The molecule has 2 aromatic heterocycles. The number of H-pyrrole nitrogens is 1. The molecule has 0 radical (unpaired) electrons. The Balaban J connectivity index is 1.41. The normalized spacial score (nSPS) is 18.1. The van der Waals surface area contributed by atoms with Gasteiger partial charge in [0, 0.05) is 39.0 Å². The van der Waals surface area contributed by atoms with Gasteiger partial charge in [0.1, 0.15) is 17.2 Å². The first-order valence-corrected chi connectivity index (χ1v) is 9.64. The fourth-order valence-electron chi connectivity index (χ4n) is 3.47. The van der Waals surface area contributed by atoms with Crippen molar-refractivity contribution in [3.05, 3.63) is 62.3 Å². The summed E-state index contributed by atoms with van der Waals surface area (Å²) in [7, 11) is 2.92. The number of nitrogens with zero attached hydrogens (tertiary/aromatic N) is 4. The number of halogens is 1. The first kappa shape index (κ1) is 20.5. The molecule has 1 atom stereocenters. The van der Waals surface area contributed by atoms with Crippen molar-refractivity contribution in [3.8, 4) is 0 Å². The number of oxime groups is 1. The molecule has 0 aliphatic carbocycles. The van der Waals surface area contributed by atoms with E-state index in [9.17, 15) is 18.8 Å². The third kappa shape index (κ3) is 3.51. The van der Waals surface area contributed by atoms with Crippen LogP contribution in [0.5, 0.6) is 0 Å². The van der Waals surface area contributed by atoms with E-state index in [1.165, 1.54) is 24.7 Å². The minimum atomic E-state index is -1.26. The first-order valence-electron chi connectivity index (χ1n) is 9.64. The first-order chi connectivity index (χ1) is 14.7. The molecule has 1 amide bonds. The number of imidazole rings is 1. The maximum absolute atomic E-state index is 14.0. The van der Waals surface area contributed by atoms with Crippen LogP contribution in [0.3, 0.4) is 0 Å². The molecule has 0 saturated heterocycles. The second-order valence-electron chi connectivity index (χ2n) is 7.61. The number of aromatic amines is 1. The van der Waals surface area contributed by atoms with Crippen LogP contribution in [0, 0.1) is 5.82 Å². The van der Waals surface area contributed by atoms with E-state index in [4.69, 9.17) is 4.84 Å². The van der Waals surface area contributed by atoms with E-state index in [1.54, 1.807) is 25.1 Å². The molecule has 11 heteroatoms. The number of carbonyl (C=O) groups excluding carboxylic acids is 1. The molecule has 1 aliphatic heterocycles. The van der Waals surface area contributed by atoms with Crippen molar-refractivity contribution in [2.45, 2.75) is 25.4 Å². The quantitative estimate of drug-likeness (QED) is 0.607. The highest BCUT2D eigenvalue weighted by Crippen LogP contribution is 2.27. The van der Waals surface area contributed by atoms with Gasteiger partial charge in [-0.05, 0) is 13.0 Å². The number of benzene rings is 1. The van der Waals surface area contributed by atoms with Crippen molar-refractivity contribution in [1.29, 1.82) is 0 Å². The number of fused-ring (bicyclic) bond motifs is 1. The Morgan fingerprint density at radius 1 is 1.29 bits per heavy atom. The van der Waals surface area contributed by atoms with E-state index in [0.29, 0.717) is 23.5 Å². The van der Waals surface area contributed by atoms with Gasteiger partial charge in [-0.15, -0.1) is 0 Å². The summed E-state index contributed by atoms with van der Waals surface area (Å²) < 4.78 is 16.3. The van der Waals surface area contributed by atoms with Crippen LogP contribution in [0.25, 0.3) is 11.2 Å². The molecule has 4 rings (SSSR count). The molecule has 0 fully saturated rings. The van der Waals surface area contributed by atoms with E-state index >= 15 is 0 Å². The number of carbonyl (C=O) groups is 1. The average Bonchev–Trinajstić information content (AvgIpc) is 3.36. The average molecular weight is 428 g/mol. The van der Waals surface area contributed by atoms with Gasteiger partial charge in [0.25, 0.3) is 11.5 Å². The van der Waals surface area contributed by atoms with Crippen molar-refractivity contribution in [1.82, 2.24) is 24.4 Å². The van der Waals surface area contributed by atoms with Crippen molar-refractivity contribution in [2.24, 2.45) is 19.3 Å². The van der Waals surface area contributed by atoms with E-state index in [-0.39, 0.29) is 24.1 Å². The fourth-order valence-corrected chi connectivity index (χ4v) is 3.47. The van der Waals surface area contributed by atoms with Gasteiger partial charge >= 0.3 is 5.69 Å². The third-order valence-electron chi connectivity index (χ3n) is 5.32. The predicted octanol–water partition coefficient (Wildman–Crippen LogP) is 0.341. The van der Waals surface area contributed by atoms with Crippen molar-refractivity contribution in [3.63, 3.8) is 0 Å². The van der Waals surface area contributed by atoms with Crippen LogP contribution in [0.15, 0.2) is 39.0 Å². The summed E-state index contributed by atoms with van der Waals surface area (Å²) in [6.07, 6.45) is 0.428. The Hall–Kier alpha value is -3.76. The van der Waals surface area contributed by atoms with E-state index in [0.717, 1.165) is 4.57 Å². The summed E-state index contributed by atoms with van der Waals surface area (Å²) >= 11 is 0. The Bertz CT molecular complexity index is 1340. The van der Waals surface area contributed by atoms with Crippen LogP contribution in [0.2, 0.25) is 0 Å². The highest BCUT2D eigenvalue weighted by molar-refractivity contribution is 6.05. The van der Waals surface area contributed by atoms with Gasteiger partial charge in [-0.1, -0.05) is 23.4 Å². The number of aryl methyl sites for hydroxylation is 1. The fraction of sp³-hybridized carbons (Fsp3) is 0.350. The lowest BCUT2D eigenvalue weighted by atomic mass is 9.95. The Morgan fingerprint density at radius 2 is 2.03 bits per heavy atom. The zero-order chi connectivity index (χ0) is 22.3. The summed E-state index contributed by atoms with van der Waals surface area (Å²) in [6.45, 7) is 1.79. The number of hydrogen-bond acceptors (Lipinski definition) is 6. The molecule has 10 nitrogen and oxygen atoms in total. The van der Waals surface area contributed by atoms with Gasteiger partial charge in [-0.3, -0.25) is 18.7 Å². The van der Waals surface area contributed by atoms with Crippen molar-refractivity contribution < 1.29 is 14.0 Å². The van der Waals surface area contributed by atoms with E-state index in [1.807, 2.05) is 0 Å². The molecule has 31 heavy (non-hydrogen) atoms.